The zero-order valence-corrected chi connectivity index (χ0v) is 24.5. The molecule has 0 aliphatic carbocycles. The van der Waals surface area contributed by atoms with E-state index in [1.807, 2.05) is 12.1 Å². The van der Waals surface area contributed by atoms with Crippen LogP contribution in [0.1, 0.15) is 36.8 Å². The van der Waals surface area contributed by atoms with Gasteiger partial charge in [-0.15, -0.1) is 12.4 Å². The normalized spacial score (nSPS) is 21.3. The number of nitriles is 2. The van der Waals surface area contributed by atoms with Gasteiger partial charge in [-0.25, -0.2) is 0 Å². The smallest absolute Gasteiger partial charge is 0.415 e. The first-order chi connectivity index (χ1) is 20.4. The van der Waals surface area contributed by atoms with Crippen LogP contribution in [0.5, 0.6) is 11.5 Å². The van der Waals surface area contributed by atoms with Crippen molar-refractivity contribution in [1.82, 2.24) is 9.80 Å². The second kappa shape index (κ2) is 15.7. The van der Waals surface area contributed by atoms with Gasteiger partial charge in [-0.1, -0.05) is 12.1 Å². The molecule has 44 heavy (non-hydrogen) atoms. The summed E-state index contributed by atoms with van der Waals surface area (Å²) in [6, 6.07) is 16.7. The second-order valence-electron chi connectivity index (χ2n) is 10.8. The molecule has 2 aliphatic rings. The molecule has 0 radical (unpaired) electrons. The summed E-state index contributed by atoms with van der Waals surface area (Å²) in [5, 5.41) is 18.2. The summed E-state index contributed by atoms with van der Waals surface area (Å²) in [7, 11) is 0. The Bertz CT molecular complexity index is 1200. The van der Waals surface area contributed by atoms with Gasteiger partial charge in [0, 0.05) is 26.2 Å². The molecule has 7 nitrogen and oxygen atoms in total. The SMILES string of the molecule is Cl.N#Cc1cccc(OC2CCCN(C[C@H](O[C@@H](CN3CCCC(Oc4cccc(C#N)c4)C3)C(F)(F)F)C(F)(F)F)C2)c1. The van der Waals surface area contributed by atoms with Gasteiger partial charge in [0.25, 0.3) is 0 Å². The van der Waals surface area contributed by atoms with Crippen molar-refractivity contribution < 1.29 is 40.6 Å². The first kappa shape index (κ1) is 35.3. The van der Waals surface area contributed by atoms with E-state index in [0.29, 0.717) is 48.3 Å². The average molecular weight is 647 g/mol. The fraction of sp³-hybridized carbons (Fsp3) is 0.533. The molecule has 0 spiro atoms. The van der Waals surface area contributed by atoms with E-state index in [1.54, 1.807) is 36.4 Å². The maximum Gasteiger partial charge on any atom is 0.415 e. The molecule has 2 aromatic carbocycles. The van der Waals surface area contributed by atoms with E-state index in [2.05, 4.69) is 0 Å². The summed E-state index contributed by atoms with van der Waals surface area (Å²) >= 11 is 0. The molecule has 0 amide bonds. The molecular weight excluding hydrogens is 614 g/mol. The summed E-state index contributed by atoms with van der Waals surface area (Å²) in [5.74, 6) is 0.793. The number of ether oxygens (including phenoxy) is 3. The molecule has 2 fully saturated rings. The van der Waals surface area contributed by atoms with Crippen LogP contribution < -0.4 is 9.47 Å². The summed E-state index contributed by atoms with van der Waals surface area (Å²) in [4.78, 5) is 2.82. The highest BCUT2D eigenvalue weighted by Gasteiger charge is 2.50. The van der Waals surface area contributed by atoms with E-state index >= 15 is 0 Å². The Morgan fingerprint density at radius 1 is 0.727 bits per heavy atom. The fourth-order valence-electron chi connectivity index (χ4n) is 5.33. The Kier molecular flexibility index (Phi) is 12.6. The molecule has 240 valence electrons. The molecule has 2 saturated heterocycles. The largest absolute Gasteiger partial charge is 0.489 e. The minimum absolute atomic E-state index is 0. The zero-order chi connectivity index (χ0) is 31.0. The lowest BCUT2D eigenvalue weighted by Gasteiger charge is -2.38. The van der Waals surface area contributed by atoms with Crippen molar-refractivity contribution in [3.8, 4) is 23.6 Å². The topological polar surface area (TPSA) is 81.8 Å². The summed E-state index contributed by atoms with van der Waals surface area (Å²) in [5.41, 5.74) is 0.738. The van der Waals surface area contributed by atoms with Crippen LogP contribution in [0.4, 0.5) is 26.3 Å². The van der Waals surface area contributed by atoms with Crippen molar-refractivity contribution in [3.63, 3.8) is 0 Å². The number of halogens is 7. The van der Waals surface area contributed by atoms with Crippen molar-refractivity contribution in [2.75, 3.05) is 39.3 Å². The Hall–Kier alpha value is -3.23. The fourth-order valence-corrected chi connectivity index (χ4v) is 5.33. The molecule has 2 aliphatic heterocycles. The number of rotatable bonds is 10. The number of hydrogen-bond donors (Lipinski definition) is 0. The van der Waals surface area contributed by atoms with E-state index < -0.39 is 49.9 Å². The molecular formula is C30H33ClF6N4O3. The third kappa shape index (κ3) is 10.4. The standard InChI is InChI=1S/C30H32F6N4O3.ClH/c31-29(32,33)27(19-39-11-3-9-25(17-39)41-23-7-1-5-21(13-23)15-37)43-28(30(34,35)36)20-40-12-4-10-26(18-40)42-24-8-2-6-22(14-24)16-38;/h1-2,5-8,13-14,25-28H,3-4,9-12,17-20H2;1H/t25?,26?,27-,28-;/m0./s1. The highest BCUT2D eigenvalue weighted by molar-refractivity contribution is 5.85. The van der Waals surface area contributed by atoms with Gasteiger partial charge in [0.1, 0.15) is 23.7 Å². The van der Waals surface area contributed by atoms with E-state index in [9.17, 15) is 26.3 Å². The zero-order valence-electron chi connectivity index (χ0n) is 23.7. The molecule has 4 atom stereocenters. The van der Waals surface area contributed by atoms with E-state index in [0.717, 1.165) is 0 Å². The number of benzene rings is 2. The van der Waals surface area contributed by atoms with Gasteiger partial charge in [0.2, 0.25) is 0 Å². The van der Waals surface area contributed by atoms with Crippen molar-refractivity contribution in [2.45, 2.75) is 62.5 Å². The van der Waals surface area contributed by atoms with Gasteiger partial charge in [-0.3, -0.25) is 9.80 Å². The van der Waals surface area contributed by atoms with Crippen molar-refractivity contribution in [1.29, 1.82) is 10.5 Å². The lowest BCUT2D eigenvalue weighted by molar-refractivity contribution is -0.291. The summed E-state index contributed by atoms with van der Waals surface area (Å²) in [6.45, 7) is -0.890. The predicted octanol–water partition coefficient (Wildman–Crippen LogP) is 6.12. The molecule has 0 aromatic heterocycles. The first-order valence-corrected chi connectivity index (χ1v) is 14.0. The van der Waals surface area contributed by atoms with E-state index in [1.165, 1.54) is 21.9 Å². The van der Waals surface area contributed by atoms with Gasteiger partial charge in [-0.05, 0) is 75.2 Å². The Balaban J connectivity index is 0.00000529. The Morgan fingerprint density at radius 3 is 1.50 bits per heavy atom. The lowest BCUT2D eigenvalue weighted by atomic mass is 10.1. The van der Waals surface area contributed by atoms with Gasteiger partial charge >= 0.3 is 12.4 Å². The highest BCUT2D eigenvalue weighted by Crippen LogP contribution is 2.32. The highest BCUT2D eigenvalue weighted by atomic mass is 35.5. The molecule has 0 N–H and O–H groups in total. The number of piperidine rings is 2. The second-order valence-corrected chi connectivity index (χ2v) is 10.8. The number of alkyl halides is 6. The summed E-state index contributed by atoms with van der Waals surface area (Å²) < 4.78 is 101. The van der Waals surface area contributed by atoms with Crippen LogP contribution >= 0.6 is 12.4 Å². The lowest BCUT2D eigenvalue weighted by Crippen LogP contribution is -2.54. The van der Waals surface area contributed by atoms with Gasteiger partial charge in [0.15, 0.2) is 12.2 Å². The third-order valence-electron chi connectivity index (χ3n) is 7.36. The van der Waals surface area contributed by atoms with Crippen molar-refractivity contribution >= 4 is 12.4 Å². The average Bonchev–Trinajstić information content (AvgIpc) is 2.96. The Labute approximate surface area is 258 Å². The van der Waals surface area contributed by atoms with Crippen LogP contribution in [0, 0.1) is 22.7 Å². The van der Waals surface area contributed by atoms with E-state index in [4.69, 9.17) is 24.7 Å². The molecule has 2 aromatic rings. The van der Waals surface area contributed by atoms with Crippen LogP contribution in [-0.4, -0.2) is 85.8 Å². The third-order valence-corrected chi connectivity index (χ3v) is 7.36. The molecule has 14 heteroatoms. The monoisotopic (exact) mass is 646 g/mol. The molecule has 0 saturated carbocycles. The molecule has 2 heterocycles. The predicted molar refractivity (Wildman–Crippen MR) is 151 cm³/mol. The maximum absolute atomic E-state index is 14.1. The van der Waals surface area contributed by atoms with Crippen molar-refractivity contribution in [3.05, 3.63) is 59.7 Å². The van der Waals surface area contributed by atoms with Gasteiger partial charge in [0.05, 0.1) is 23.3 Å². The van der Waals surface area contributed by atoms with Crippen LogP contribution in [0.25, 0.3) is 0 Å². The Morgan fingerprint density at radius 2 is 1.14 bits per heavy atom. The quantitative estimate of drug-likeness (QED) is 0.288. The number of likely N-dealkylation sites (tertiary alicyclic amines) is 2. The minimum Gasteiger partial charge on any atom is -0.489 e. The maximum atomic E-state index is 14.1. The van der Waals surface area contributed by atoms with Crippen LogP contribution in [0.3, 0.4) is 0 Å². The van der Waals surface area contributed by atoms with Crippen LogP contribution in [0.2, 0.25) is 0 Å². The number of hydrogen-bond acceptors (Lipinski definition) is 7. The van der Waals surface area contributed by atoms with Crippen LogP contribution in [0.15, 0.2) is 48.5 Å². The first-order valence-electron chi connectivity index (χ1n) is 14.0. The van der Waals surface area contributed by atoms with Crippen molar-refractivity contribution in [2.24, 2.45) is 0 Å². The van der Waals surface area contributed by atoms with Gasteiger partial charge in [-0.2, -0.15) is 36.9 Å². The number of nitrogens with zero attached hydrogens (tertiary/aromatic N) is 4. The van der Waals surface area contributed by atoms with Gasteiger partial charge < -0.3 is 14.2 Å². The van der Waals surface area contributed by atoms with Crippen LogP contribution in [-0.2, 0) is 4.74 Å². The van der Waals surface area contributed by atoms with E-state index in [-0.39, 0.29) is 38.6 Å². The molecule has 0 bridgehead atoms. The summed E-state index contributed by atoms with van der Waals surface area (Å²) in [6.07, 6.45) is -14.3. The molecule has 4 rings (SSSR count). The molecule has 2 unspecified atom stereocenters. The minimum atomic E-state index is -5.03.